The number of thioether (sulfide) groups is 1. The molecule has 2 aromatic rings. The predicted octanol–water partition coefficient (Wildman–Crippen LogP) is 4.36. The van der Waals surface area contributed by atoms with Crippen LogP contribution in [0.5, 0.6) is 5.75 Å². The van der Waals surface area contributed by atoms with Gasteiger partial charge in [0, 0.05) is 23.3 Å². The highest BCUT2D eigenvalue weighted by Crippen LogP contribution is 2.33. The van der Waals surface area contributed by atoms with Crippen LogP contribution in [0.2, 0.25) is 5.02 Å². The maximum atomic E-state index is 11.0. The number of aryl methyl sites for hydroxylation is 1. The largest absolute Gasteiger partial charge is 0.493 e. The van der Waals surface area contributed by atoms with E-state index in [9.17, 15) is 10.1 Å². The number of hydrogen-bond acceptors (Lipinski definition) is 5. The molecule has 0 radical (unpaired) electrons. The third kappa shape index (κ3) is 4.14. The van der Waals surface area contributed by atoms with E-state index < -0.39 is 4.92 Å². The fourth-order valence-corrected chi connectivity index (χ4v) is 3.02. The lowest BCUT2D eigenvalue weighted by Gasteiger charge is -2.10. The number of nitrogens with zero attached hydrogens (tertiary/aromatic N) is 2. The summed E-state index contributed by atoms with van der Waals surface area (Å²) in [5.74, 6) is 1.67. The Morgan fingerprint density at radius 3 is 2.95 bits per heavy atom. The molecule has 2 rings (SSSR count). The van der Waals surface area contributed by atoms with Gasteiger partial charge in [0.1, 0.15) is 5.75 Å². The molecule has 1 N–H and O–H groups in total. The zero-order valence-electron chi connectivity index (χ0n) is 12.3. The molecule has 6 nitrogen and oxygen atoms in total. The van der Waals surface area contributed by atoms with Crippen LogP contribution in [-0.2, 0) is 5.75 Å². The molecule has 0 aliphatic rings. The van der Waals surface area contributed by atoms with E-state index in [0.29, 0.717) is 28.2 Å². The predicted molar refractivity (Wildman–Crippen MR) is 86.8 cm³/mol. The van der Waals surface area contributed by atoms with E-state index in [-0.39, 0.29) is 5.82 Å². The monoisotopic (exact) mass is 341 g/mol. The first kappa shape index (κ1) is 16.6. The average molecular weight is 342 g/mol. The fraction of sp³-hybridized carbons (Fsp3) is 0.357. The van der Waals surface area contributed by atoms with Crippen molar-refractivity contribution in [3.8, 4) is 5.75 Å². The number of H-pyrrole nitrogens is 1. The first-order chi connectivity index (χ1) is 10.5. The lowest BCUT2D eigenvalue weighted by Crippen LogP contribution is -1.98. The van der Waals surface area contributed by atoms with Gasteiger partial charge in [0.15, 0.2) is 10.9 Å². The van der Waals surface area contributed by atoms with Crippen LogP contribution in [0.4, 0.5) is 5.82 Å². The van der Waals surface area contributed by atoms with Crippen molar-refractivity contribution in [2.24, 2.45) is 0 Å². The number of imidazole rings is 1. The molecule has 0 aliphatic carbocycles. The van der Waals surface area contributed by atoms with Gasteiger partial charge in [-0.05, 0) is 29.5 Å². The molecule has 0 amide bonds. The van der Waals surface area contributed by atoms with Crippen LogP contribution < -0.4 is 4.74 Å². The Morgan fingerprint density at radius 1 is 1.50 bits per heavy atom. The summed E-state index contributed by atoms with van der Waals surface area (Å²) in [6.45, 7) is 4.33. The van der Waals surface area contributed by atoms with E-state index in [1.54, 1.807) is 13.0 Å². The summed E-state index contributed by atoms with van der Waals surface area (Å²) in [5, 5.41) is 12.0. The Morgan fingerprint density at radius 2 is 2.27 bits per heavy atom. The van der Waals surface area contributed by atoms with Crippen molar-refractivity contribution in [2.75, 3.05) is 6.61 Å². The molecule has 0 aliphatic heterocycles. The van der Waals surface area contributed by atoms with Gasteiger partial charge in [0.25, 0.3) is 0 Å². The van der Waals surface area contributed by atoms with Gasteiger partial charge in [-0.25, -0.2) is 4.98 Å². The van der Waals surface area contributed by atoms with Gasteiger partial charge in [0.05, 0.1) is 6.61 Å². The molecule has 1 heterocycles. The molecule has 22 heavy (non-hydrogen) atoms. The van der Waals surface area contributed by atoms with Crippen molar-refractivity contribution in [3.63, 3.8) is 0 Å². The quantitative estimate of drug-likeness (QED) is 0.459. The number of ether oxygens (including phenoxy) is 1. The Kier molecular flexibility index (Phi) is 5.68. The van der Waals surface area contributed by atoms with Crippen LogP contribution in [-0.4, -0.2) is 21.5 Å². The summed E-state index contributed by atoms with van der Waals surface area (Å²) in [6, 6.07) is 5.39. The minimum atomic E-state index is -0.463. The van der Waals surface area contributed by atoms with Crippen LogP contribution in [0.3, 0.4) is 0 Å². The van der Waals surface area contributed by atoms with Gasteiger partial charge in [0.2, 0.25) is 0 Å². The Labute approximate surface area is 137 Å². The molecule has 118 valence electrons. The highest BCUT2D eigenvalue weighted by atomic mass is 35.5. The summed E-state index contributed by atoms with van der Waals surface area (Å²) in [6.07, 6.45) is 0.902. The van der Waals surface area contributed by atoms with E-state index in [4.69, 9.17) is 16.3 Å². The van der Waals surface area contributed by atoms with Crippen molar-refractivity contribution >= 4 is 29.2 Å². The van der Waals surface area contributed by atoms with Gasteiger partial charge in [-0.2, -0.15) is 4.98 Å². The fourth-order valence-electron chi connectivity index (χ4n) is 1.84. The maximum Gasteiger partial charge on any atom is 0.354 e. The first-order valence-corrected chi connectivity index (χ1v) is 8.12. The summed E-state index contributed by atoms with van der Waals surface area (Å²) < 4.78 is 5.68. The number of hydrogen-bond donors (Lipinski definition) is 1. The first-order valence-electron chi connectivity index (χ1n) is 6.76. The van der Waals surface area contributed by atoms with E-state index in [1.165, 1.54) is 11.8 Å². The third-order valence-electron chi connectivity index (χ3n) is 2.80. The number of halogens is 1. The second-order valence-electron chi connectivity index (χ2n) is 4.62. The Bertz CT molecular complexity index is 675. The van der Waals surface area contributed by atoms with Crippen molar-refractivity contribution in [2.45, 2.75) is 31.0 Å². The number of aromatic nitrogens is 2. The molecule has 0 saturated heterocycles. The van der Waals surface area contributed by atoms with E-state index in [0.717, 1.165) is 17.7 Å². The van der Waals surface area contributed by atoms with Crippen molar-refractivity contribution in [1.82, 2.24) is 9.97 Å². The summed E-state index contributed by atoms with van der Waals surface area (Å²) in [7, 11) is 0. The summed E-state index contributed by atoms with van der Waals surface area (Å²) in [5.41, 5.74) is 0.890. The topological polar surface area (TPSA) is 81.0 Å². The number of aromatic amines is 1. The van der Waals surface area contributed by atoms with Gasteiger partial charge in [-0.3, -0.25) is 0 Å². The standard InChI is InChI=1S/C14H16ClN3O3S/c1-3-6-21-12-5-4-11(15)7-10(12)8-22-14-13(18(19)20)16-9(2)17-14/h4-5,7H,3,6,8H2,1-2H3,(H,16,17). The second-order valence-corrected chi connectivity index (χ2v) is 6.02. The average Bonchev–Trinajstić information content (AvgIpc) is 2.85. The van der Waals surface area contributed by atoms with Crippen molar-refractivity contribution in [3.05, 3.63) is 44.7 Å². The highest BCUT2D eigenvalue weighted by Gasteiger charge is 2.19. The Hall–Kier alpha value is -1.73. The lowest BCUT2D eigenvalue weighted by atomic mass is 10.2. The van der Waals surface area contributed by atoms with Crippen LogP contribution in [0.1, 0.15) is 24.7 Å². The molecular formula is C14H16ClN3O3S. The van der Waals surface area contributed by atoms with Crippen LogP contribution in [0.25, 0.3) is 0 Å². The van der Waals surface area contributed by atoms with Gasteiger partial charge in [-0.1, -0.05) is 30.3 Å². The minimum absolute atomic E-state index is 0.0828. The molecular weight excluding hydrogens is 326 g/mol. The molecule has 0 spiro atoms. The number of rotatable bonds is 7. The van der Waals surface area contributed by atoms with Crippen molar-refractivity contribution < 1.29 is 9.66 Å². The zero-order chi connectivity index (χ0) is 16.1. The molecule has 1 aromatic carbocycles. The third-order valence-corrected chi connectivity index (χ3v) is 4.05. The van der Waals surface area contributed by atoms with E-state index in [1.807, 2.05) is 19.1 Å². The van der Waals surface area contributed by atoms with Gasteiger partial charge in [-0.15, -0.1) is 0 Å². The SMILES string of the molecule is CCCOc1ccc(Cl)cc1CSc1nc(C)[nH]c1[N+](=O)[O-]. The number of nitro groups is 1. The van der Waals surface area contributed by atoms with Crippen LogP contribution in [0.15, 0.2) is 23.2 Å². The molecule has 0 fully saturated rings. The highest BCUT2D eigenvalue weighted by molar-refractivity contribution is 7.98. The summed E-state index contributed by atoms with van der Waals surface area (Å²) in [4.78, 5) is 17.3. The smallest absolute Gasteiger partial charge is 0.354 e. The van der Waals surface area contributed by atoms with Gasteiger partial charge >= 0.3 is 5.82 Å². The molecule has 0 atom stereocenters. The number of nitrogens with one attached hydrogen (secondary N) is 1. The second kappa shape index (κ2) is 7.51. The van der Waals surface area contributed by atoms with E-state index in [2.05, 4.69) is 9.97 Å². The Balaban J connectivity index is 2.17. The van der Waals surface area contributed by atoms with Crippen LogP contribution >= 0.6 is 23.4 Å². The molecule has 0 saturated carbocycles. The molecule has 1 aromatic heterocycles. The van der Waals surface area contributed by atoms with Crippen molar-refractivity contribution in [1.29, 1.82) is 0 Å². The molecule has 0 bridgehead atoms. The normalized spacial score (nSPS) is 10.7. The summed E-state index contributed by atoms with van der Waals surface area (Å²) >= 11 is 7.31. The van der Waals surface area contributed by atoms with Crippen LogP contribution in [0, 0.1) is 17.0 Å². The zero-order valence-corrected chi connectivity index (χ0v) is 13.8. The lowest BCUT2D eigenvalue weighted by molar-refractivity contribution is -0.392. The maximum absolute atomic E-state index is 11.0. The molecule has 0 unspecified atom stereocenters. The van der Waals surface area contributed by atoms with Gasteiger partial charge < -0.3 is 14.9 Å². The minimum Gasteiger partial charge on any atom is -0.493 e. The molecule has 8 heteroatoms. The number of benzene rings is 1. The van der Waals surface area contributed by atoms with E-state index >= 15 is 0 Å².